The largest absolute Gasteiger partial charge is 0.327 e. The van der Waals surface area contributed by atoms with E-state index in [4.69, 9.17) is 0 Å². The lowest BCUT2D eigenvalue weighted by Gasteiger charge is -2.44. The first-order valence-corrected chi connectivity index (χ1v) is 9.53. The summed E-state index contributed by atoms with van der Waals surface area (Å²) in [6.07, 6.45) is 5.92. The highest BCUT2D eigenvalue weighted by atomic mass is 28.3. The zero-order valence-corrected chi connectivity index (χ0v) is 10.9. The lowest BCUT2D eigenvalue weighted by atomic mass is 10.1. The SMILES string of the molecule is CC[N+]1(C[Si](C)(C)C)CCCCC1. The van der Waals surface area contributed by atoms with Crippen LogP contribution in [0.3, 0.4) is 0 Å². The maximum Gasteiger partial charge on any atom is 0.110 e. The number of nitrogens with zero attached hydrogens (tertiary/aromatic N) is 1. The first-order chi connectivity index (χ1) is 5.97. The van der Waals surface area contributed by atoms with Crippen molar-refractivity contribution in [2.24, 2.45) is 0 Å². The molecule has 1 rings (SSSR count). The summed E-state index contributed by atoms with van der Waals surface area (Å²) in [6, 6.07) is 0. The molecule has 0 aromatic rings. The van der Waals surface area contributed by atoms with Gasteiger partial charge in [0.25, 0.3) is 0 Å². The van der Waals surface area contributed by atoms with E-state index in [9.17, 15) is 0 Å². The van der Waals surface area contributed by atoms with E-state index in [2.05, 4.69) is 26.6 Å². The van der Waals surface area contributed by atoms with Crippen LogP contribution >= 0.6 is 0 Å². The molecule has 0 radical (unpaired) electrons. The van der Waals surface area contributed by atoms with Gasteiger partial charge in [0.2, 0.25) is 0 Å². The zero-order chi connectivity index (χ0) is 9.95. The van der Waals surface area contributed by atoms with Gasteiger partial charge in [0.1, 0.15) is 8.07 Å². The fourth-order valence-electron chi connectivity index (χ4n) is 2.78. The van der Waals surface area contributed by atoms with Crippen LogP contribution in [-0.4, -0.2) is 38.4 Å². The second kappa shape index (κ2) is 4.14. The standard InChI is InChI=1S/C11H26NSi/c1-5-12(11-13(2,3)4)9-7-6-8-10-12/h5-11H2,1-4H3/q+1. The molecule has 0 bridgehead atoms. The molecule has 0 N–H and O–H groups in total. The third kappa shape index (κ3) is 3.43. The molecule has 2 heteroatoms. The van der Waals surface area contributed by atoms with Gasteiger partial charge in [0.05, 0.1) is 25.8 Å². The van der Waals surface area contributed by atoms with Gasteiger partial charge in [-0.3, -0.25) is 0 Å². The Labute approximate surface area is 84.7 Å². The van der Waals surface area contributed by atoms with Gasteiger partial charge < -0.3 is 4.48 Å². The van der Waals surface area contributed by atoms with Crippen molar-refractivity contribution in [3.05, 3.63) is 0 Å². The second-order valence-corrected chi connectivity index (χ2v) is 11.3. The molecule has 1 nitrogen and oxygen atoms in total. The highest BCUT2D eigenvalue weighted by Crippen LogP contribution is 2.21. The molecule has 0 aromatic heterocycles. The Hall–Kier alpha value is 0.177. The Morgan fingerprint density at radius 3 is 1.92 bits per heavy atom. The summed E-state index contributed by atoms with van der Waals surface area (Å²) in [5.74, 6) is 0. The van der Waals surface area contributed by atoms with Crippen molar-refractivity contribution in [2.45, 2.75) is 45.8 Å². The van der Waals surface area contributed by atoms with Crippen molar-refractivity contribution in [2.75, 3.05) is 25.8 Å². The van der Waals surface area contributed by atoms with Crippen molar-refractivity contribution in [3.8, 4) is 0 Å². The fourth-order valence-corrected chi connectivity index (χ4v) is 5.33. The first-order valence-electron chi connectivity index (χ1n) is 5.83. The molecule has 13 heavy (non-hydrogen) atoms. The molecule has 1 aliphatic rings. The highest BCUT2D eigenvalue weighted by Gasteiger charge is 2.33. The van der Waals surface area contributed by atoms with Gasteiger partial charge in [-0.1, -0.05) is 19.6 Å². The number of piperidine rings is 1. The van der Waals surface area contributed by atoms with Crippen LogP contribution in [0.2, 0.25) is 19.6 Å². The normalized spacial score (nSPS) is 23.1. The zero-order valence-electron chi connectivity index (χ0n) is 9.90. The minimum Gasteiger partial charge on any atom is -0.327 e. The summed E-state index contributed by atoms with van der Waals surface area (Å²) >= 11 is 0. The summed E-state index contributed by atoms with van der Waals surface area (Å²) in [4.78, 5) is 0. The van der Waals surface area contributed by atoms with E-state index in [0.29, 0.717) is 0 Å². The lowest BCUT2D eigenvalue weighted by molar-refractivity contribution is -0.921. The fraction of sp³-hybridized carbons (Fsp3) is 1.00. The Morgan fingerprint density at radius 2 is 1.54 bits per heavy atom. The number of likely N-dealkylation sites (tertiary alicyclic amines) is 1. The van der Waals surface area contributed by atoms with Gasteiger partial charge in [-0.2, -0.15) is 0 Å². The number of rotatable bonds is 3. The molecule has 0 aromatic carbocycles. The molecule has 1 heterocycles. The Morgan fingerprint density at radius 1 is 1.00 bits per heavy atom. The highest BCUT2D eigenvalue weighted by molar-refractivity contribution is 6.76. The predicted octanol–water partition coefficient (Wildman–Crippen LogP) is 2.88. The van der Waals surface area contributed by atoms with Crippen LogP contribution < -0.4 is 0 Å². The van der Waals surface area contributed by atoms with Gasteiger partial charge in [0, 0.05) is 0 Å². The van der Waals surface area contributed by atoms with Gasteiger partial charge in [-0.25, -0.2) is 0 Å². The topological polar surface area (TPSA) is 0 Å². The minimum absolute atomic E-state index is 0.866. The van der Waals surface area contributed by atoms with Crippen LogP contribution in [0.4, 0.5) is 0 Å². The van der Waals surface area contributed by atoms with Gasteiger partial charge >= 0.3 is 0 Å². The van der Waals surface area contributed by atoms with Crippen molar-refractivity contribution >= 4 is 8.07 Å². The van der Waals surface area contributed by atoms with Gasteiger partial charge in [0.15, 0.2) is 0 Å². The smallest absolute Gasteiger partial charge is 0.110 e. The Balaban J connectivity index is 2.57. The van der Waals surface area contributed by atoms with Crippen molar-refractivity contribution in [3.63, 3.8) is 0 Å². The van der Waals surface area contributed by atoms with E-state index in [-0.39, 0.29) is 0 Å². The van der Waals surface area contributed by atoms with Crippen molar-refractivity contribution in [1.29, 1.82) is 0 Å². The molecule has 1 saturated heterocycles. The van der Waals surface area contributed by atoms with Crippen LogP contribution in [-0.2, 0) is 0 Å². The lowest BCUT2D eigenvalue weighted by Crippen LogP contribution is -2.58. The van der Waals surface area contributed by atoms with E-state index in [1.54, 1.807) is 0 Å². The third-order valence-corrected chi connectivity index (χ3v) is 4.86. The van der Waals surface area contributed by atoms with Crippen LogP contribution in [0.15, 0.2) is 0 Å². The molecule has 0 amide bonds. The molecule has 78 valence electrons. The number of hydrogen-bond acceptors (Lipinski definition) is 0. The van der Waals surface area contributed by atoms with E-state index in [1.165, 1.54) is 49.5 Å². The molecular formula is C11H26NSi+. The van der Waals surface area contributed by atoms with Crippen molar-refractivity contribution in [1.82, 2.24) is 0 Å². The summed E-state index contributed by atoms with van der Waals surface area (Å²) in [5, 5.41) is 0. The minimum atomic E-state index is -0.866. The summed E-state index contributed by atoms with van der Waals surface area (Å²) in [6.45, 7) is 14.2. The molecule has 0 saturated carbocycles. The van der Waals surface area contributed by atoms with E-state index >= 15 is 0 Å². The van der Waals surface area contributed by atoms with Crippen LogP contribution in [0.25, 0.3) is 0 Å². The summed E-state index contributed by atoms with van der Waals surface area (Å²) < 4.78 is 1.44. The molecule has 1 fully saturated rings. The maximum absolute atomic E-state index is 2.51. The molecule has 0 aliphatic carbocycles. The van der Waals surface area contributed by atoms with E-state index in [0.717, 1.165) is 0 Å². The number of hydrogen-bond donors (Lipinski definition) is 0. The van der Waals surface area contributed by atoms with Gasteiger partial charge in [-0.05, 0) is 26.2 Å². The van der Waals surface area contributed by atoms with Gasteiger partial charge in [-0.15, -0.1) is 0 Å². The third-order valence-electron chi connectivity index (χ3n) is 3.25. The van der Waals surface area contributed by atoms with E-state index in [1.807, 2.05) is 0 Å². The summed E-state index contributed by atoms with van der Waals surface area (Å²) in [7, 11) is -0.866. The van der Waals surface area contributed by atoms with E-state index < -0.39 is 8.07 Å². The van der Waals surface area contributed by atoms with Crippen LogP contribution in [0.5, 0.6) is 0 Å². The van der Waals surface area contributed by atoms with Crippen LogP contribution in [0.1, 0.15) is 26.2 Å². The molecule has 0 atom stereocenters. The molecule has 0 unspecified atom stereocenters. The second-order valence-electron chi connectivity index (χ2n) is 5.88. The number of quaternary nitrogens is 1. The average molecular weight is 200 g/mol. The maximum atomic E-state index is 2.51. The van der Waals surface area contributed by atoms with Crippen molar-refractivity contribution < 1.29 is 4.48 Å². The molecule has 1 aliphatic heterocycles. The summed E-state index contributed by atoms with van der Waals surface area (Å²) in [5.41, 5.74) is 0. The Kier molecular flexibility index (Phi) is 3.58. The monoisotopic (exact) mass is 200 g/mol. The Bertz CT molecular complexity index is 154. The first kappa shape index (κ1) is 11.3. The predicted molar refractivity (Wildman–Crippen MR) is 62.6 cm³/mol. The quantitative estimate of drug-likeness (QED) is 0.485. The molecular weight excluding hydrogens is 174 g/mol. The molecule has 0 spiro atoms. The average Bonchev–Trinajstić information content (AvgIpc) is 2.03. The van der Waals surface area contributed by atoms with Crippen LogP contribution in [0, 0.1) is 0 Å².